The van der Waals surface area contributed by atoms with Crippen molar-refractivity contribution in [3.8, 4) is 5.75 Å². The molecule has 38 heavy (non-hydrogen) atoms. The molecular weight excluding hydrogens is 488 g/mol. The first-order valence-electron chi connectivity index (χ1n) is 13.2. The van der Waals surface area contributed by atoms with Gasteiger partial charge in [0.25, 0.3) is 0 Å². The highest BCUT2D eigenvalue weighted by Gasteiger charge is 2.10. The third-order valence-electron chi connectivity index (χ3n) is 6.00. The van der Waals surface area contributed by atoms with E-state index in [1.165, 1.54) is 6.07 Å². The molecule has 0 saturated carbocycles. The number of aliphatic hydroxyl groups excluding tert-OH is 2. The number of nitrogens with one attached hydrogen (secondary N) is 3. The fourth-order valence-corrected chi connectivity index (χ4v) is 3.89. The van der Waals surface area contributed by atoms with E-state index in [-0.39, 0.29) is 18.9 Å². The van der Waals surface area contributed by atoms with Crippen LogP contribution in [-0.2, 0) is 22.6 Å². The van der Waals surface area contributed by atoms with E-state index < -0.39 is 18.0 Å². The van der Waals surface area contributed by atoms with E-state index in [0.717, 1.165) is 70.3 Å². The zero-order chi connectivity index (χ0) is 27.6. The SMILES string of the molecule is NC(=O)CNC(=O)Nc1cccc(CCCCOCCCCCCNC[C@H](O)c2ccc(O)c(CO)c2)c1. The van der Waals surface area contributed by atoms with Gasteiger partial charge in [0.2, 0.25) is 5.91 Å². The van der Waals surface area contributed by atoms with Gasteiger partial charge < -0.3 is 41.7 Å². The molecule has 3 amide bonds. The zero-order valence-electron chi connectivity index (χ0n) is 22.0. The average molecular weight is 531 g/mol. The second-order valence-corrected chi connectivity index (χ2v) is 9.22. The lowest BCUT2D eigenvalue weighted by Gasteiger charge is -2.14. The van der Waals surface area contributed by atoms with Gasteiger partial charge in [0, 0.05) is 31.0 Å². The number of primary amides is 1. The van der Waals surface area contributed by atoms with E-state index in [1.807, 2.05) is 18.2 Å². The Labute approximate surface area is 224 Å². The number of urea groups is 1. The van der Waals surface area contributed by atoms with Crippen LogP contribution in [-0.4, -0.2) is 60.1 Å². The maximum Gasteiger partial charge on any atom is 0.319 e. The molecule has 0 unspecified atom stereocenters. The summed E-state index contributed by atoms with van der Waals surface area (Å²) in [6.07, 6.45) is 6.37. The van der Waals surface area contributed by atoms with E-state index >= 15 is 0 Å². The predicted molar refractivity (Wildman–Crippen MR) is 147 cm³/mol. The second-order valence-electron chi connectivity index (χ2n) is 9.22. The number of amides is 3. The molecule has 0 aliphatic heterocycles. The standard InChI is InChI=1S/C28H42N4O6/c29-27(36)19-31-28(37)32-24-10-7-9-21(16-24)8-3-6-15-38-14-5-2-1-4-13-30-18-26(35)22-11-12-25(34)23(17-22)20-33/h7,9-12,16-17,26,30,33-35H,1-6,8,13-15,18-20H2,(H2,29,36)(H2,31,32,37)/t26-/m0/s1. The van der Waals surface area contributed by atoms with Crippen LogP contribution in [0.2, 0.25) is 0 Å². The third-order valence-corrected chi connectivity index (χ3v) is 6.00. The van der Waals surface area contributed by atoms with Gasteiger partial charge in [-0.2, -0.15) is 0 Å². The van der Waals surface area contributed by atoms with Crippen LogP contribution in [0.3, 0.4) is 0 Å². The van der Waals surface area contributed by atoms with Gasteiger partial charge in [-0.15, -0.1) is 0 Å². The summed E-state index contributed by atoms with van der Waals surface area (Å²) in [5, 5.41) is 37.4. The number of hydrogen-bond donors (Lipinski definition) is 7. The Balaban J connectivity index is 1.43. The first-order chi connectivity index (χ1) is 18.4. The first kappa shape index (κ1) is 31.0. The fourth-order valence-electron chi connectivity index (χ4n) is 3.89. The summed E-state index contributed by atoms with van der Waals surface area (Å²) in [6, 6.07) is 11.9. The molecule has 0 bridgehead atoms. The van der Waals surface area contributed by atoms with Crippen molar-refractivity contribution in [1.82, 2.24) is 10.6 Å². The maximum absolute atomic E-state index is 11.7. The molecule has 8 N–H and O–H groups in total. The summed E-state index contributed by atoms with van der Waals surface area (Å²) in [5.41, 5.74) is 7.89. The summed E-state index contributed by atoms with van der Waals surface area (Å²) in [4.78, 5) is 22.5. The molecule has 2 aromatic rings. The van der Waals surface area contributed by atoms with Crippen LogP contribution in [0, 0.1) is 0 Å². The van der Waals surface area contributed by atoms with Crippen molar-refractivity contribution in [2.75, 3.05) is 38.2 Å². The van der Waals surface area contributed by atoms with Crippen LogP contribution in [0.4, 0.5) is 10.5 Å². The molecule has 0 aliphatic rings. The number of phenols is 1. The minimum absolute atomic E-state index is 0.0314. The van der Waals surface area contributed by atoms with Crippen LogP contribution in [0.1, 0.15) is 61.3 Å². The van der Waals surface area contributed by atoms with Crippen molar-refractivity contribution >= 4 is 17.6 Å². The number of aryl methyl sites for hydroxylation is 1. The van der Waals surface area contributed by atoms with Gasteiger partial charge in [0.05, 0.1) is 19.3 Å². The molecule has 0 saturated heterocycles. The van der Waals surface area contributed by atoms with Crippen LogP contribution >= 0.6 is 0 Å². The highest BCUT2D eigenvalue weighted by atomic mass is 16.5. The van der Waals surface area contributed by atoms with Gasteiger partial charge in [0.15, 0.2) is 0 Å². The molecule has 0 fully saturated rings. The van der Waals surface area contributed by atoms with Gasteiger partial charge in [-0.3, -0.25) is 4.79 Å². The monoisotopic (exact) mass is 530 g/mol. The molecule has 0 heterocycles. The lowest BCUT2D eigenvalue weighted by molar-refractivity contribution is -0.117. The molecule has 1 atom stereocenters. The summed E-state index contributed by atoms with van der Waals surface area (Å²) in [7, 11) is 0. The summed E-state index contributed by atoms with van der Waals surface area (Å²) < 4.78 is 5.74. The highest BCUT2D eigenvalue weighted by Crippen LogP contribution is 2.22. The quantitative estimate of drug-likeness (QED) is 0.137. The van der Waals surface area contributed by atoms with E-state index in [9.17, 15) is 24.9 Å². The summed E-state index contributed by atoms with van der Waals surface area (Å²) in [6.45, 7) is 2.25. The normalized spacial score (nSPS) is 11.7. The number of anilines is 1. The molecule has 0 aliphatic carbocycles. The number of carbonyl (C=O) groups is 2. The van der Waals surface area contributed by atoms with Crippen molar-refractivity contribution in [2.45, 2.75) is 57.7 Å². The molecule has 10 heteroatoms. The van der Waals surface area contributed by atoms with Gasteiger partial charge in [0.1, 0.15) is 5.75 Å². The van der Waals surface area contributed by atoms with Crippen molar-refractivity contribution in [2.24, 2.45) is 5.73 Å². The van der Waals surface area contributed by atoms with Crippen molar-refractivity contribution in [1.29, 1.82) is 0 Å². The Hall–Kier alpha value is -3.18. The van der Waals surface area contributed by atoms with Crippen LogP contribution < -0.4 is 21.7 Å². The van der Waals surface area contributed by atoms with Gasteiger partial charge >= 0.3 is 6.03 Å². The number of nitrogens with two attached hydrogens (primary N) is 1. The Morgan fingerprint density at radius 3 is 2.50 bits per heavy atom. The smallest absolute Gasteiger partial charge is 0.319 e. The second kappa shape index (κ2) is 18.1. The zero-order valence-corrected chi connectivity index (χ0v) is 22.0. The topological polar surface area (TPSA) is 166 Å². The number of ether oxygens (including phenoxy) is 1. The number of hydrogen-bond acceptors (Lipinski definition) is 7. The average Bonchev–Trinajstić information content (AvgIpc) is 2.90. The van der Waals surface area contributed by atoms with Gasteiger partial charge in [-0.1, -0.05) is 31.0 Å². The molecule has 2 aromatic carbocycles. The van der Waals surface area contributed by atoms with Crippen molar-refractivity contribution in [3.05, 3.63) is 59.2 Å². The highest BCUT2D eigenvalue weighted by molar-refractivity contribution is 5.91. The third kappa shape index (κ3) is 12.9. The number of unbranched alkanes of at least 4 members (excludes halogenated alkanes) is 4. The summed E-state index contributed by atoms with van der Waals surface area (Å²) in [5.74, 6) is -0.562. The lowest BCUT2D eigenvalue weighted by Crippen LogP contribution is -2.36. The van der Waals surface area contributed by atoms with Gasteiger partial charge in [-0.25, -0.2) is 4.79 Å². The van der Waals surface area contributed by atoms with Crippen LogP contribution in [0.5, 0.6) is 5.75 Å². The number of benzene rings is 2. The molecule has 0 radical (unpaired) electrons. The van der Waals surface area contributed by atoms with Crippen molar-refractivity contribution in [3.63, 3.8) is 0 Å². The molecule has 2 rings (SSSR count). The van der Waals surface area contributed by atoms with E-state index in [4.69, 9.17) is 10.5 Å². The number of aromatic hydroxyl groups is 1. The Kier molecular flexibility index (Phi) is 14.8. The fraction of sp³-hybridized carbons (Fsp3) is 0.500. The molecule has 0 aromatic heterocycles. The van der Waals surface area contributed by atoms with E-state index in [2.05, 4.69) is 16.0 Å². The minimum atomic E-state index is -0.684. The summed E-state index contributed by atoms with van der Waals surface area (Å²) >= 11 is 0. The first-order valence-corrected chi connectivity index (χ1v) is 13.2. The van der Waals surface area contributed by atoms with Crippen molar-refractivity contribution < 1.29 is 29.6 Å². The Morgan fingerprint density at radius 2 is 1.74 bits per heavy atom. The lowest BCUT2D eigenvalue weighted by atomic mass is 10.1. The number of rotatable bonds is 19. The Morgan fingerprint density at radius 1 is 0.974 bits per heavy atom. The van der Waals surface area contributed by atoms with Crippen LogP contribution in [0.25, 0.3) is 0 Å². The Bertz CT molecular complexity index is 988. The van der Waals surface area contributed by atoms with Crippen LogP contribution in [0.15, 0.2) is 42.5 Å². The predicted octanol–water partition coefficient (Wildman–Crippen LogP) is 2.71. The number of carbonyl (C=O) groups excluding carboxylic acids is 2. The maximum atomic E-state index is 11.7. The molecule has 210 valence electrons. The largest absolute Gasteiger partial charge is 0.508 e. The minimum Gasteiger partial charge on any atom is -0.508 e. The van der Waals surface area contributed by atoms with E-state index in [0.29, 0.717) is 23.4 Å². The van der Waals surface area contributed by atoms with Gasteiger partial charge in [-0.05, 0) is 74.0 Å². The van der Waals surface area contributed by atoms with E-state index in [1.54, 1.807) is 18.2 Å². The molecular formula is C28H42N4O6. The number of aliphatic hydroxyl groups is 2. The molecule has 0 spiro atoms. The molecule has 10 nitrogen and oxygen atoms in total.